The number of rotatable bonds is 7. The minimum atomic E-state index is 0.413. The molecule has 0 saturated carbocycles. The highest BCUT2D eigenvalue weighted by Crippen LogP contribution is 2.15. The Kier molecular flexibility index (Phi) is 8.31. The topological polar surface area (TPSA) is 83.5 Å². The van der Waals surface area contributed by atoms with Gasteiger partial charge in [-0.3, -0.25) is 10.3 Å². The molecule has 0 unspecified atom stereocenters. The fourth-order valence-electron chi connectivity index (χ4n) is 2.80. The van der Waals surface area contributed by atoms with Gasteiger partial charge in [0.1, 0.15) is 5.75 Å². The molecule has 7 nitrogen and oxygen atoms in total. The van der Waals surface area contributed by atoms with Gasteiger partial charge in [0.2, 0.25) is 11.9 Å². The molecule has 0 saturated heterocycles. The summed E-state index contributed by atoms with van der Waals surface area (Å²) >= 11 is 7.20. The molecule has 3 aromatic rings. The van der Waals surface area contributed by atoms with E-state index in [0.717, 1.165) is 29.2 Å². The Morgan fingerprint density at radius 3 is 2.48 bits per heavy atom. The molecule has 2 heterocycles. The van der Waals surface area contributed by atoms with Gasteiger partial charge < -0.3 is 15.4 Å². The number of aliphatic imine (C=N–C) groups is 1. The molecule has 0 aliphatic carbocycles. The second-order valence-corrected chi connectivity index (χ2v) is 8.14. The summed E-state index contributed by atoms with van der Waals surface area (Å²) in [5.74, 6) is 1.78. The highest BCUT2D eigenvalue weighted by atomic mass is 32.1. The average molecular weight is 455 g/mol. The van der Waals surface area contributed by atoms with Crippen molar-refractivity contribution in [2.45, 2.75) is 27.2 Å². The normalized spacial score (nSPS) is 11.1. The number of thiocarbonyl (C=S) groups is 1. The lowest BCUT2D eigenvalue weighted by atomic mass is 10.3. The molecule has 9 heteroatoms. The van der Waals surface area contributed by atoms with E-state index in [4.69, 9.17) is 17.0 Å². The number of ether oxygens (including phenoxy) is 1. The van der Waals surface area contributed by atoms with Crippen LogP contribution in [0.4, 0.5) is 11.6 Å². The number of hydrogen-bond acceptors (Lipinski definition) is 6. The molecule has 3 N–H and O–H groups in total. The van der Waals surface area contributed by atoms with Gasteiger partial charge >= 0.3 is 0 Å². The smallest absolute Gasteiger partial charge is 0.229 e. The first-order valence-corrected chi connectivity index (χ1v) is 11.3. The van der Waals surface area contributed by atoms with Crippen LogP contribution in [0.3, 0.4) is 0 Å². The third-order valence-electron chi connectivity index (χ3n) is 4.08. The zero-order valence-corrected chi connectivity index (χ0v) is 19.4. The predicted molar refractivity (Wildman–Crippen MR) is 132 cm³/mol. The molecular formula is C22H26N6OS2. The molecule has 0 fully saturated rings. The van der Waals surface area contributed by atoms with E-state index in [1.807, 2.05) is 57.2 Å². The minimum absolute atomic E-state index is 0.413. The number of anilines is 2. The van der Waals surface area contributed by atoms with Gasteiger partial charge in [0.25, 0.3) is 0 Å². The summed E-state index contributed by atoms with van der Waals surface area (Å²) < 4.78 is 5.47. The summed E-state index contributed by atoms with van der Waals surface area (Å²) in [4.78, 5) is 14.8. The van der Waals surface area contributed by atoms with Crippen molar-refractivity contribution in [3.8, 4) is 5.75 Å². The van der Waals surface area contributed by atoms with E-state index >= 15 is 0 Å². The van der Waals surface area contributed by atoms with E-state index in [0.29, 0.717) is 30.2 Å². The van der Waals surface area contributed by atoms with Crippen LogP contribution >= 0.6 is 23.6 Å². The Balaban J connectivity index is 1.67. The van der Waals surface area contributed by atoms with Gasteiger partial charge in [-0.2, -0.15) is 0 Å². The van der Waals surface area contributed by atoms with Crippen molar-refractivity contribution in [3.63, 3.8) is 0 Å². The van der Waals surface area contributed by atoms with Gasteiger partial charge in [0.15, 0.2) is 5.11 Å². The Hall–Kier alpha value is -3.04. The number of thiophene rings is 1. The third-order valence-corrected chi connectivity index (χ3v) is 5.22. The lowest BCUT2D eigenvalue weighted by Gasteiger charge is -2.14. The molecule has 3 rings (SSSR count). The van der Waals surface area contributed by atoms with Gasteiger partial charge in [0, 0.05) is 34.9 Å². The first kappa shape index (κ1) is 22.6. The Bertz CT molecular complexity index is 999. The summed E-state index contributed by atoms with van der Waals surface area (Å²) in [7, 11) is 0. The van der Waals surface area contributed by atoms with Crippen LogP contribution in [-0.2, 0) is 6.42 Å². The number of guanidine groups is 1. The van der Waals surface area contributed by atoms with Crippen LogP contribution < -0.4 is 20.7 Å². The van der Waals surface area contributed by atoms with Crippen LogP contribution in [0, 0.1) is 13.8 Å². The highest BCUT2D eigenvalue weighted by Gasteiger charge is 2.08. The maximum Gasteiger partial charge on any atom is 0.229 e. The van der Waals surface area contributed by atoms with Crippen molar-refractivity contribution in [1.82, 2.24) is 15.3 Å². The first-order chi connectivity index (χ1) is 15.0. The summed E-state index contributed by atoms with van der Waals surface area (Å²) in [6.45, 7) is 7.05. The second kappa shape index (κ2) is 11.4. The lowest BCUT2D eigenvalue weighted by molar-refractivity contribution is 0.340. The van der Waals surface area contributed by atoms with E-state index in [-0.39, 0.29) is 0 Å². The van der Waals surface area contributed by atoms with E-state index in [1.54, 1.807) is 11.3 Å². The number of benzene rings is 1. The SMILES string of the molecule is CCOc1ccc(NC(=S)NC(=NCCc2cccs2)Nc2nc(C)cc(C)n2)cc1. The average Bonchev–Trinajstić information content (AvgIpc) is 3.22. The number of nitrogens with one attached hydrogen (secondary N) is 3. The molecule has 31 heavy (non-hydrogen) atoms. The maximum atomic E-state index is 5.48. The quantitative estimate of drug-likeness (QED) is 0.274. The molecule has 0 spiro atoms. The van der Waals surface area contributed by atoms with Crippen molar-refractivity contribution >= 4 is 46.3 Å². The maximum absolute atomic E-state index is 5.48. The standard InChI is InChI=1S/C22H26N6OS2/c1-4-29-18-9-7-17(8-10-18)26-22(30)28-20(23-12-11-19-6-5-13-31-19)27-21-24-15(2)14-16(3)25-21/h5-10,13-14H,4,11-12H2,1-3H3,(H3,23,24,25,26,27,28,30). The van der Waals surface area contributed by atoms with Gasteiger partial charge in [-0.1, -0.05) is 6.07 Å². The molecule has 2 aromatic heterocycles. The van der Waals surface area contributed by atoms with Crippen molar-refractivity contribution in [1.29, 1.82) is 0 Å². The third kappa shape index (κ3) is 7.62. The van der Waals surface area contributed by atoms with E-state index in [1.165, 1.54) is 4.88 Å². The van der Waals surface area contributed by atoms with Gasteiger partial charge in [-0.15, -0.1) is 11.3 Å². The predicted octanol–water partition coefficient (Wildman–Crippen LogP) is 4.55. The molecule has 0 aliphatic heterocycles. The molecule has 0 amide bonds. The van der Waals surface area contributed by atoms with Crippen LogP contribution in [0.5, 0.6) is 5.75 Å². The Labute approximate surface area is 192 Å². The Morgan fingerprint density at radius 1 is 1.10 bits per heavy atom. The fourth-order valence-corrected chi connectivity index (χ4v) is 3.71. The van der Waals surface area contributed by atoms with E-state index in [9.17, 15) is 0 Å². The summed E-state index contributed by atoms with van der Waals surface area (Å²) in [5, 5.41) is 11.9. The zero-order valence-electron chi connectivity index (χ0n) is 17.8. The van der Waals surface area contributed by atoms with Crippen molar-refractivity contribution in [3.05, 3.63) is 64.1 Å². The van der Waals surface area contributed by atoms with Crippen molar-refractivity contribution in [2.75, 3.05) is 23.8 Å². The molecule has 0 atom stereocenters. The van der Waals surface area contributed by atoms with E-state index in [2.05, 4.69) is 42.4 Å². The number of hydrogen-bond donors (Lipinski definition) is 3. The highest BCUT2D eigenvalue weighted by molar-refractivity contribution is 7.80. The van der Waals surface area contributed by atoms with Crippen molar-refractivity contribution < 1.29 is 4.74 Å². The van der Waals surface area contributed by atoms with Crippen LogP contribution in [0.25, 0.3) is 0 Å². The largest absolute Gasteiger partial charge is 0.494 e. The van der Waals surface area contributed by atoms with Crippen molar-refractivity contribution in [2.24, 2.45) is 4.99 Å². The van der Waals surface area contributed by atoms with Crippen LogP contribution in [0.15, 0.2) is 52.8 Å². The Morgan fingerprint density at radius 2 is 1.84 bits per heavy atom. The first-order valence-electron chi connectivity index (χ1n) is 9.99. The molecule has 162 valence electrons. The summed E-state index contributed by atoms with van der Waals surface area (Å²) in [6, 6.07) is 13.7. The molecule has 0 radical (unpaired) electrons. The van der Waals surface area contributed by atoms with Gasteiger partial charge in [-0.25, -0.2) is 9.97 Å². The lowest BCUT2D eigenvalue weighted by Crippen LogP contribution is -2.39. The second-order valence-electron chi connectivity index (χ2n) is 6.70. The number of aryl methyl sites for hydroxylation is 2. The van der Waals surface area contributed by atoms with Crippen LogP contribution in [0.1, 0.15) is 23.2 Å². The molecular weight excluding hydrogens is 428 g/mol. The van der Waals surface area contributed by atoms with E-state index < -0.39 is 0 Å². The number of nitrogens with zero attached hydrogens (tertiary/aromatic N) is 3. The van der Waals surface area contributed by atoms with Crippen LogP contribution in [-0.4, -0.2) is 34.2 Å². The minimum Gasteiger partial charge on any atom is -0.494 e. The van der Waals surface area contributed by atoms with Gasteiger partial charge in [-0.05, 0) is 74.8 Å². The fraction of sp³-hybridized carbons (Fsp3) is 0.273. The zero-order chi connectivity index (χ0) is 22.1. The van der Waals surface area contributed by atoms with Crippen LogP contribution in [0.2, 0.25) is 0 Å². The monoisotopic (exact) mass is 454 g/mol. The molecule has 0 aliphatic rings. The molecule has 0 bridgehead atoms. The molecule has 1 aromatic carbocycles. The summed E-state index contributed by atoms with van der Waals surface area (Å²) in [5.41, 5.74) is 2.60. The number of aromatic nitrogens is 2. The summed E-state index contributed by atoms with van der Waals surface area (Å²) in [6.07, 6.45) is 0.845. The van der Waals surface area contributed by atoms with Gasteiger partial charge in [0.05, 0.1) is 6.61 Å².